The zero-order valence-electron chi connectivity index (χ0n) is 15.9. The minimum absolute atomic E-state index is 0.647. The lowest BCUT2D eigenvalue weighted by Crippen LogP contribution is -2.42. The van der Waals surface area contributed by atoms with E-state index in [1.165, 1.54) is 37.1 Å². The Morgan fingerprint density at radius 1 is 1.04 bits per heavy atom. The van der Waals surface area contributed by atoms with Gasteiger partial charge in [0.05, 0.1) is 6.67 Å². The zero-order chi connectivity index (χ0) is 16.7. The fraction of sp³-hybridized carbons (Fsp3) is 0.714. The summed E-state index contributed by atoms with van der Waals surface area (Å²) in [6.07, 6.45) is 7.46. The summed E-state index contributed by atoms with van der Waals surface area (Å²) in [4.78, 5) is 5.38. The number of nitrogens with zero attached hydrogens (tertiary/aromatic N) is 2. The van der Waals surface area contributed by atoms with Crippen LogP contribution in [0.1, 0.15) is 54.4 Å². The molecule has 3 aliphatic rings. The monoisotopic (exact) mass is 314 g/mol. The molecule has 3 rings (SSSR count). The van der Waals surface area contributed by atoms with Crippen LogP contribution < -0.4 is 0 Å². The van der Waals surface area contributed by atoms with Gasteiger partial charge in [0.25, 0.3) is 0 Å². The maximum atomic E-state index is 2.72. The van der Waals surface area contributed by atoms with Gasteiger partial charge < -0.3 is 4.90 Å². The van der Waals surface area contributed by atoms with Crippen molar-refractivity contribution in [2.75, 3.05) is 19.8 Å². The molecule has 0 amide bonds. The number of hydrogen-bond acceptors (Lipinski definition) is 2. The standard InChI is InChI=1S/C21H34N2/c1-14-9-16(3)20(17(4)10-14)22-7-8-23(13-22)21-18(5)11-15(2)12-19(21)6/h9,11,14,17,19-20H,7-8,10,12-13H2,1-6H3/t14?,17-,19+,20+/m1/s1. The molecular formula is C21H34N2. The summed E-state index contributed by atoms with van der Waals surface area (Å²) in [7, 11) is 0. The second kappa shape index (κ2) is 6.47. The first-order chi connectivity index (χ1) is 10.9. The molecule has 128 valence electrons. The number of rotatable bonds is 2. The van der Waals surface area contributed by atoms with Gasteiger partial charge in [0.2, 0.25) is 0 Å². The van der Waals surface area contributed by atoms with Crippen LogP contribution in [0.3, 0.4) is 0 Å². The van der Waals surface area contributed by atoms with E-state index in [-0.39, 0.29) is 0 Å². The van der Waals surface area contributed by atoms with Crippen molar-refractivity contribution in [1.29, 1.82) is 0 Å². The van der Waals surface area contributed by atoms with E-state index in [0.717, 1.165) is 18.5 Å². The molecule has 2 nitrogen and oxygen atoms in total. The summed E-state index contributed by atoms with van der Waals surface area (Å²) >= 11 is 0. The molecule has 2 aliphatic carbocycles. The van der Waals surface area contributed by atoms with Crippen LogP contribution in [0.4, 0.5) is 0 Å². The fourth-order valence-electron chi connectivity index (χ4n) is 5.49. The Hall–Kier alpha value is -1.02. The first kappa shape index (κ1) is 16.8. The molecule has 0 bridgehead atoms. The lowest BCUT2D eigenvalue weighted by Gasteiger charge is -2.39. The zero-order valence-corrected chi connectivity index (χ0v) is 15.9. The first-order valence-electron chi connectivity index (χ1n) is 9.42. The van der Waals surface area contributed by atoms with Crippen molar-refractivity contribution in [2.24, 2.45) is 17.8 Å². The highest BCUT2D eigenvalue weighted by molar-refractivity contribution is 5.33. The van der Waals surface area contributed by atoms with E-state index in [0.29, 0.717) is 12.0 Å². The van der Waals surface area contributed by atoms with E-state index in [1.54, 1.807) is 11.3 Å². The normalized spacial score (nSPS) is 36.3. The highest BCUT2D eigenvalue weighted by Crippen LogP contribution is 2.36. The molecule has 0 N–H and O–H groups in total. The summed E-state index contributed by atoms with van der Waals surface area (Å²) in [5.41, 5.74) is 6.21. The smallest absolute Gasteiger partial charge is 0.0710 e. The molecule has 1 unspecified atom stereocenters. The third kappa shape index (κ3) is 3.28. The summed E-state index contributed by atoms with van der Waals surface area (Å²) in [5.74, 6) is 2.19. The largest absolute Gasteiger partial charge is 0.360 e. The molecule has 0 spiro atoms. The van der Waals surface area contributed by atoms with Crippen LogP contribution >= 0.6 is 0 Å². The SMILES string of the molecule is CC1=CC(C)=C(N2CCN([C@H]3C(C)=CC(C)C[C@H]3C)C2)[C@@H](C)C1. The Morgan fingerprint density at radius 3 is 2.43 bits per heavy atom. The average Bonchev–Trinajstić information content (AvgIpc) is 2.85. The van der Waals surface area contributed by atoms with E-state index in [9.17, 15) is 0 Å². The van der Waals surface area contributed by atoms with Crippen molar-refractivity contribution in [3.63, 3.8) is 0 Å². The van der Waals surface area contributed by atoms with Crippen molar-refractivity contribution in [3.05, 3.63) is 34.6 Å². The van der Waals surface area contributed by atoms with Crippen LogP contribution in [0.5, 0.6) is 0 Å². The van der Waals surface area contributed by atoms with Gasteiger partial charge >= 0.3 is 0 Å². The second-order valence-electron chi connectivity index (χ2n) is 8.43. The second-order valence-corrected chi connectivity index (χ2v) is 8.43. The van der Waals surface area contributed by atoms with Crippen molar-refractivity contribution >= 4 is 0 Å². The van der Waals surface area contributed by atoms with Crippen molar-refractivity contribution in [1.82, 2.24) is 9.80 Å². The van der Waals surface area contributed by atoms with Gasteiger partial charge in [-0.15, -0.1) is 0 Å². The van der Waals surface area contributed by atoms with E-state index in [1.807, 2.05) is 0 Å². The quantitative estimate of drug-likeness (QED) is 0.675. The summed E-state index contributed by atoms with van der Waals surface area (Å²) in [6.45, 7) is 17.6. The molecule has 1 heterocycles. The Morgan fingerprint density at radius 2 is 1.78 bits per heavy atom. The van der Waals surface area contributed by atoms with Crippen molar-refractivity contribution in [2.45, 2.75) is 60.4 Å². The van der Waals surface area contributed by atoms with E-state index >= 15 is 0 Å². The molecule has 0 aromatic heterocycles. The number of hydrogen-bond donors (Lipinski definition) is 0. The van der Waals surface area contributed by atoms with Crippen LogP contribution in [0.25, 0.3) is 0 Å². The molecule has 1 saturated heterocycles. The third-order valence-corrected chi connectivity index (χ3v) is 6.00. The lowest BCUT2D eigenvalue weighted by atomic mass is 9.80. The lowest BCUT2D eigenvalue weighted by molar-refractivity contribution is 0.161. The molecule has 0 radical (unpaired) electrons. The molecule has 1 fully saturated rings. The fourth-order valence-corrected chi connectivity index (χ4v) is 5.49. The van der Waals surface area contributed by atoms with E-state index < -0.39 is 0 Å². The van der Waals surface area contributed by atoms with Gasteiger partial charge in [-0.25, -0.2) is 0 Å². The van der Waals surface area contributed by atoms with Gasteiger partial charge in [0.1, 0.15) is 0 Å². The Labute approximate surface area is 142 Å². The highest BCUT2D eigenvalue weighted by Gasteiger charge is 2.35. The minimum atomic E-state index is 0.647. The Kier molecular flexibility index (Phi) is 4.73. The maximum Gasteiger partial charge on any atom is 0.0710 e. The minimum Gasteiger partial charge on any atom is -0.360 e. The van der Waals surface area contributed by atoms with Crippen molar-refractivity contribution < 1.29 is 0 Å². The van der Waals surface area contributed by atoms with Gasteiger partial charge in [-0.2, -0.15) is 0 Å². The number of allylic oxidation sites excluding steroid dienone is 5. The van der Waals surface area contributed by atoms with E-state index in [2.05, 4.69) is 63.5 Å². The molecule has 1 aliphatic heterocycles. The molecule has 0 aromatic carbocycles. The predicted molar refractivity (Wildman–Crippen MR) is 99.0 cm³/mol. The third-order valence-electron chi connectivity index (χ3n) is 6.00. The summed E-state index contributed by atoms with van der Waals surface area (Å²) < 4.78 is 0. The average molecular weight is 315 g/mol. The molecule has 2 heteroatoms. The summed E-state index contributed by atoms with van der Waals surface area (Å²) in [5, 5.41) is 0. The van der Waals surface area contributed by atoms with Crippen LogP contribution in [0, 0.1) is 17.8 Å². The molecular weight excluding hydrogens is 280 g/mol. The molecule has 0 aromatic rings. The van der Waals surface area contributed by atoms with Gasteiger partial charge in [0.15, 0.2) is 0 Å². The van der Waals surface area contributed by atoms with Crippen LogP contribution in [-0.4, -0.2) is 35.6 Å². The molecule has 4 atom stereocenters. The topological polar surface area (TPSA) is 6.48 Å². The van der Waals surface area contributed by atoms with Gasteiger partial charge in [-0.05, 0) is 51.0 Å². The Bertz CT molecular complexity index is 554. The van der Waals surface area contributed by atoms with Gasteiger partial charge in [0, 0.05) is 30.7 Å². The van der Waals surface area contributed by atoms with Crippen molar-refractivity contribution in [3.8, 4) is 0 Å². The maximum absolute atomic E-state index is 2.72. The molecule has 23 heavy (non-hydrogen) atoms. The summed E-state index contributed by atoms with van der Waals surface area (Å²) in [6, 6.07) is 0.647. The van der Waals surface area contributed by atoms with Crippen LogP contribution in [-0.2, 0) is 0 Å². The highest BCUT2D eigenvalue weighted by atomic mass is 15.4. The molecule has 0 saturated carbocycles. The Balaban J connectivity index is 1.76. The van der Waals surface area contributed by atoms with E-state index in [4.69, 9.17) is 0 Å². The first-order valence-corrected chi connectivity index (χ1v) is 9.42. The van der Waals surface area contributed by atoms with Crippen LogP contribution in [0.15, 0.2) is 34.6 Å². The van der Waals surface area contributed by atoms with Gasteiger partial charge in [-0.1, -0.05) is 44.1 Å². The predicted octanol–water partition coefficient (Wildman–Crippen LogP) is 4.81. The van der Waals surface area contributed by atoms with Gasteiger partial charge in [-0.3, -0.25) is 4.90 Å². The van der Waals surface area contributed by atoms with Crippen LogP contribution in [0.2, 0.25) is 0 Å².